The van der Waals surface area contributed by atoms with Gasteiger partial charge in [-0.2, -0.15) is 0 Å². The van der Waals surface area contributed by atoms with Crippen LogP contribution in [0.25, 0.3) is 10.9 Å². The number of methoxy groups -OCH3 is 1. The van der Waals surface area contributed by atoms with Crippen LogP contribution in [0.3, 0.4) is 0 Å². The molecule has 2 atom stereocenters. The number of hydrogen-bond acceptors (Lipinski definition) is 6. The summed E-state index contributed by atoms with van der Waals surface area (Å²) in [7, 11) is 1.31. The number of fused-ring (bicyclic) bond motifs is 1. The van der Waals surface area contributed by atoms with Gasteiger partial charge in [0.05, 0.1) is 24.1 Å². The number of halogens is 2. The van der Waals surface area contributed by atoms with Crippen LogP contribution in [0.2, 0.25) is 0 Å². The van der Waals surface area contributed by atoms with Gasteiger partial charge in [-0.1, -0.05) is 30.3 Å². The van der Waals surface area contributed by atoms with Gasteiger partial charge in [-0.3, -0.25) is 10.4 Å². The summed E-state index contributed by atoms with van der Waals surface area (Å²) in [6.07, 6.45) is -1.71. The summed E-state index contributed by atoms with van der Waals surface area (Å²) < 4.78 is 34.5. The molecular weight excluding hydrogens is 438 g/mol. The molecule has 0 radical (unpaired) electrons. The van der Waals surface area contributed by atoms with Gasteiger partial charge in [-0.05, 0) is 5.56 Å². The summed E-state index contributed by atoms with van der Waals surface area (Å²) in [6, 6.07) is 10.2. The van der Waals surface area contributed by atoms with E-state index < -0.39 is 25.2 Å². The number of carbonyl (C=O) groups excluding carboxylic acids is 2. The summed E-state index contributed by atoms with van der Waals surface area (Å²) in [5.74, 6) is 0.116. The van der Waals surface area contributed by atoms with E-state index in [4.69, 9.17) is 9.47 Å². The number of likely N-dealkylation sites (tertiary alicyclic amines) is 1. The molecule has 1 aliphatic rings. The largest absolute Gasteiger partial charge is 0.470 e. The lowest BCUT2D eigenvalue weighted by Crippen LogP contribution is -2.42. The highest BCUT2D eigenvalue weighted by atomic mass is 19.3. The number of alkyl halides is 2. The number of hydrogen-bond donors (Lipinski definition) is 3. The number of urea groups is 1. The minimum Gasteiger partial charge on any atom is -0.470 e. The average Bonchev–Trinajstić information content (AvgIpc) is 3.41. The Labute approximate surface area is 187 Å². The van der Waals surface area contributed by atoms with E-state index in [1.165, 1.54) is 19.4 Å². The lowest BCUT2D eigenvalue weighted by atomic mass is 9.94. The van der Waals surface area contributed by atoms with Crippen molar-refractivity contribution in [3.8, 4) is 5.88 Å². The van der Waals surface area contributed by atoms with Crippen molar-refractivity contribution in [2.24, 2.45) is 0 Å². The summed E-state index contributed by atoms with van der Waals surface area (Å²) in [5, 5.41) is 12.5. The Morgan fingerprint density at radius 3 is 2.79 bits per heavy atom. The minimum absolute atomic E-state index is 0.00774. The molecule has 1 saturated heterocycles. The first-order chi connectivity index (χ1) is 15.9. The highest BCUT2D eigenvalue weighted by Crippen LogP contribution is 2.28. The molecule has 3 amide bonds. The summed E-state index contributed by atoms with van der Waals surface area (Å²) in [6.45, 7) is -0.0895. The topological polar surface area (TPSA) is 121 Å². The number of carbonyl (C=O) groups is 2. The smallest absolute Gasteiger partial charge is 0.409 e. The number of nitrogens with zero attached hydrogens (tertiary/aromatic N) is 3. The predicted octanol–water partition coefficient (Wildman–Crippen LogP) is 2.96. The molecule has 3 heterocycles. The summed E-state index contributed by atoms with van der Waals surface area (Å²) in [4.78, 5) is 30.4. The molecule has 0 bridgehead atoms. The van der Waals surface area contributed by atoms with E-state index in [0.29, 0.717) is 17.4 Å². The van der Waals surface area contributed by atoms with Crippen molar-refractivity contribution in [3.63, 3.8) is 0 Å². The van der Waals surface area contributed by atoms with Crippen LogP contribution in [0.5, 0.6) is 5.88 Å². The van der Waals surface area contributed by atoms with Gasteiger partial charge in [0, 0.05) is 31.3 Å². The molecular formula is C21H22F2N6O4. The van der Waals surface area contributed by atoms with Crippen molar-refractivity contribution in [3.05, 3.63) is 48.2 Å². The standard InChI is InChI=1S/C21H22F2N6O4/c1-32-21(31)29-9-14(12-5-3-2-4-6-12)16(10-29)25-20(30)26-18-7-15-13(8-24-18)19(28-27-15)33-11-17(22)23/h2-8,14,16-17H,9-11H2,1H3,(H,27,28)(H2,24,25,26,30)/t14-,16+/m1/s1. The van der Waals surface area contributed by atoms with E-state index in [1.807, 2.05) is 30.3 Å². The van der Waals surface area contributed by atoms with Crippen molar-refractivity contribution in [2.45, 2.75) is 18.4 Å². The monoisotopic (exact) mass is 460 g/mol. The lowest BCUT2D eigenvalue weighted by molar-refractivity contribution is 0.0803. The van der Waals surface area contributed by atoms with Crippen molar-refractivity contribution >= 4 is 28.8 Å². The second kappa shape index (κ2) is 9.67. The highest BCUT2D eigenvalue weighted by molar-refractivity contribution is 5.92. The quantitative estimate of drug-likeness (QED) is 0.520. The van der Waals surface area contributed by atoms with Crippen LogP contribution >= 0.6 is 0 Å². The predicted molar refractivity (Wildman–Crippen MR) is 114 cm³/mol. The highest BCUT2D eigenvalue weighted by Gasteiger charge is 2.37. The van der Waals surface area contributed by atoms with Crippen LogP contribution in [0.4, 0.5) is 24.2 Å². The van der Waals surface area contributed by atoms with Gasteiger partial charge in [0.25, 0.3) is 6.43 Å². The normalized spacial score (nSPS) is 17.9. The van der Waals surface area contributed by atoms with Gasteiger partial charge in [0.2, 0.25) is 5.88 Å². The first-order valence-corrected chi connectivity index (χ1v) is 10.1. The van der Waals surface area contributed by atoms with Gasteiger partial charge in [-0.15, -0.1) is 5.10 Å². The molecule has 12 heteroatoms. The number of amides is 3. The van der Waals surface area contributed by atoms with Crippen LogP contribution in [0.15, 0.2) is 42.6 Å². The maximum Gasteiger partial charge on any atom is 0.409 e. The molecule has 1 aliphatic heterocycles. The molecule has 0 spiro atoms. The van der Waals surface area contributed by atoms with Crippen molar-refractivity contribution in [1.82, 2.24) is 25.4 Å². The second-order valence-electron chi connectivity index (χ2n) is 7.44. The molecule has 3 N–H and O–H groups in total. The van der Waals surface area contributed by atoms with E-state index in [0.717, 1.165) is 5.56 Å². The Morgan fingerprint density at radius 2 is 2.06 bits per heavy atom. The number of nitrogens with one attached hydrogen (secondary N) is 3. The number of benzene rings is 1. The average molecular weight is 460 g/mol. The van der Waals surface area contributed by atoms with Crippen LogP contribution in [-0.2, 0) is 4.74 Å². The number of anilines is 1. The van der Waals surface area contributed by atoms with Gasteiger partial charge in [0.15, 0.2) is 6.61 Å². The zero-order valence-electron chi connectivity index (χ0n) is 17.6. The number of aromatic nitrogens is 3. The third-order valence-corrected chi connectivity index (χ3v) is 5.30. The first kappa shape index (κ1) is 22.2. The van der Waals surface area contributed by atoms with Crippen LogP contribution in [0, 0.1) is 0 Å². The van der Waals surface area contributed by atoms with Crippen LogP contribution in [0.1, 0.15) is 11.5 Å². The van der Waals surface area contributed by atoms with E-state index in [1.54, 1.807) is 4.90 Å². The minimum atomic E-state index is -2.63. The van der Waals surface area contributed by atoms with Gasteiger partial charge < -0.3 is 19.7 Å². The maximum absolute atomic E-state index is 12.7. The first-order valence-electron chi connectivity index (χ1n) is 10.1. The Hall–Kier alpha value is -3.96. The Morgan fingerprint density at radius 1 is 1.27 bits per heavy atom. The van der Waals surface area contributed by atoms with Gasteiger partial charge >= 0.3 is 12.1 Å². The Balaban J connectivity index is 1.44. The third-order valence-electron chi connectivity index (χ3n) is 5.30. The number of ether oxygens (including phenoxy) is 2. The molecule has 0 aliphatic carbocycles. The lowest BCUT2D eigenvalue weighted by Gasteiger charge is -2.20. The molecule has 0 saturated carbocycles. The van der Waals surface area contributed by atoms with E-state index in [2.05, 4.69) is 25.8 Å². The van der Waals surface area contributed by atoms with Gasteiger partial charge in [0.1, 0.15) is 5.82 Å². The van der Waals surface area contributed by atoms with Crippen LogP contribution < -0.4 is 15.4 Å². The third kappa shape index (κ3) is 5.10. The van der Waals surface area contributed by atoms with Crippen molar-refractivity contribution in [2.75, 3.05) is 32.1 Å². The number of aromatic amines is 1. The Kier molecular flexibility index (Phi) is 6.52. The second-order valence-corrected chi connectivity index (χ2v) is 7.44. The SMILES string of the molecule is COC(=O)N1C[C@H](NC(=O)Nc2cc3[nH]nc(OCC(F)F)c3cn2)[C@@H](c2ccccc2)C1. The molecule has 33 heavy (non-hydrogen) atoms. The molecule has 1 aromatic carbocycles. The fourth-order valence-corrected chi connectivity index (χ4v) is 3.80. The summed E-state index contributed by atoms with van der Waals surface area (Å²) in [5.41, 5.74) is 1.45. The van der Waals surface area contributed by atoms with E-state index in [-0.39, 0.29) is 30.2 Å². The number of rotatable bonds is 6. The summed E-state index contributed by atoms with van der Waals surface area (Å²) >= 11 is 0. The molecule has 1 fully saturated rings. The molecule has 2 aromatic heterocycles. The van der Waals surface area contributed by atoms with Crippen molar-refractivity contribution < 1.29 is 27.8 Å². The molecule has 3 aromatic rings. The number of pyridine rings is 1. The van der Waals surface area contributed by atoms with Gasteiger partial charge in [-0.25, -0.2) is 23.4 Å². The van der Waals surface area contributed by atoms with E-state index >= 15 is 0 Å². The maximum atomic E-state index is 12.7. The molecule has 0 unspecified atom stereocenters. The molecule has 4 rings (SSSR count). The fraction of sp³-hybridized carbons (Fsp3) is 0.333. The van der Waals surface area contributed by atoms with E-state index in [9.17, 15) is 18.4 Å². The van der Waals surface area contributed by atoms with Crippen molar-refractivity contribution in [1.29, 1.82) is 0 Å². The Bertz CT molecular complexity index is 1130. The fourth-order valence-electron chi connectivity index (χ4n) is 3.80. The zero-order valence-corrected chi connectivity index (χ0v) is 17.6. The molecule has 10 nitrogen and oxygen atoms in total. The molecule has 174 valence electrons. The zero-order chi connectivity index (χ0) is 23.4. The number of H-pyrrole nitrogens is 1. The van der Waals surface area contributed by atoms with Crippen LogP contribution in [-0.4, -0.2) is 71.5 Å².